The average molecular weight is 330 g/mol. The highest BCUT2D eigenvalue weighted by molar-refractivity contribution is 7.09. The van der Waals surface area contributed by atoms with Crippen LogP contribution in [0, 0.1) is 0 Å². The Bertz CT molecular complexity index is 533. The molecule has 0 saturated carbocycles. The lowest BCUT2D eigenvalue weighted by molar-refractivity contribution is 0.155. The van der Waals surface area contributed by atoms with E-state index in [4.69, 9.17) is 11.6 Å². The van der Waals surface area contributed by atoms with Gasteiger partial charge in [-0.3, -0.25) is 9.88 Å². The van der Waals surface area contributed by atoms with E-state index in [1.165, 1.54) is 10.4 Å². The summed E-state index contributed by atoms with van der Waals surface area (Å²) in [5.41, 5.74) is 3.10. The number of thiazole rings is 1. The average Bonchev–Trinajstić information content (AvgIpc) is 2.93. The Morgan fingerprint density at radius 3 is 3.00 bits per heavy atom. The molecule has 1 N–H and O–H groups in total. The summed E-state index contributed by atoms with van der Waals surface area (Å²) in [7, 11) is 0. The molecule has 1 aliphatic heterocycles. The molecule has 108 valence electrons. The van der Waals surface area contributed by atoms with Crippen LogP contribution in [0.5, 0.6) is 0 Å². The molecule has 6 heteroatoms. The van der Waals surface area contributed by atoms with E-state index >= 15 is 0 Å². The number of rotatable bonds is 3. The third kappa shape index (κ3) is 3.51. The van der Waals surface area contributed by atoms with Crippen molar-refractivity contribution in [3.63, 3.8) is 0 Å². The van der Waals surface area contributed by atoms with E-state index in [1.807, 2.05) is 23.8 Å². The van der Waals surface area contributed by atoms with Crippen LogP contribution in [0.2, 0.25) is 5.02 Å². The molecule has 20 heavy (non-hydrogen) atoms. The van der Waals surface area contributed by atoms with E-state index in [1.54, 1.807) is 11.3 Å². The Balaban J connectivity index is 0.00000147. The van der Waals surface area contributed by atoms with Gasteiger partial charge in [0, 0.05) is 48.3 Å². The van der Waals surface area contributed by atoms with Crippen LogP contribution in [0.1, 0.15) is 16.5 Å². The third-order valence-electron chi connectivity index (χ3n) is 3.46. The van der Waals surface area contributed by atoms with Crippen molar-refractivity contribution in [1.29, 1.82) is 0 Å². The van der Waals surface area contributed by atoms with E-state index < -0.39 is 0 Å². The molecule has 1 atom stereocenters. The standard InChI is InChI=1S/C14H16ClN3S.ClH/c15-13-4-2-1-3-12(13)14-8-16-5-6-18(14)9-11-7-17-10-19-11;/h1-4,7,10,14,16H,5-6,8-9H2;1H. The van der Waals surface area contributed by atoms with Gasteiger partial charge < -0.3 is 5.32 Å². The van der Waals surface area contributed by atoms with Gasteiger partial charge in [-0.15, -0.1) is 23.7 Å². The predicted octanol–water partition coefficient (Wildman–Crippen LogP) is 3.36. The summed E-state index contributed by atoms with van der Waals surface area (Å²) < 4.78 is 0. The molecule has 0 radical (unpaired) electrons. The number of nitrogens with one attached hydrogen (secondary N) is 1. The molecule has 1 saturated heterocycles. The topological polar surface area (TPSA) is 28.2 Å². The molecule has 0 amide bonds. The fourth-order valence-electron chi connectivity index (χ4n) is 2.51. The number of halogens is 2. The van der Waals surface area contributed by atoms with Crippen molar-refractivity contribution >= 4 is 35.3 Å². The zero-order chi connectivity index (χ0) is 13.1. The first kappa shape index (κ1) is 15.7. The smallest absolute Gasteiger partial charge is 0.0794 e. The summed E-state index contributed by atoms with van der Waals surface area (Å²) in [6.07, 6.45) is 1.95. The van der Waals surface area contributed by atoms with Gasteiger partial charge >= 0.3 is 0 Å². The molecule has 0 spiro atoms. The van der Waals surface area contributed by atoms with E-state index in [9.17, 15) is 0 Å². The molecular weight excluding hydrogens is 313 g/mol. The van der Waals surface area contributed by atoms with Crippen molar-refractivity contribution < 1.29 is 0 Å². The minimum Gasteiger partial charge on any atom is -0.314 e. The monoisotopic (exact) mass is 329 g/mol. The maximum Gasteiger partial charge on any atom is 0.0794 e. The second-order valence-corrected chi connectivity index (χ2v) is 6.06. The van der Waals surface area contributed by atoms with Crippen LogP contribution in [0.3, 0.4) is 0 Å². The fourth-order valence-corrected chi connectivity index (χ4v) is 3.39. The predicted molar refractivity (Wildman–Crippen MR) is 86.8 cm³/mol. The Kier molecular flexibility index (Phi) is 5.81. The quantitative estimate of drug-likeness (QED) is 0.935. The Hall–Kier alpha value is -0.650. The van der Waals surface area contributed by atoms with Crippen LogP contribution in [-0.2, 0) is 6.54 Å². The summed E-state index contributed by atoms with van der Waals surface area (Å²) in [5, 5.41) is 4.31. The molecule has 1 aliphatic rings. The van der Waals surface area contributed by atoms with E-state index in [2.05, 4.69) is 27.3 Å². The largest absolute Gasteiger partial charge is 0.314 e. The van der Waals surface area contributed by atoms with E-state index in [0.29, 0.717) is 6.04 Å². The van der Waals surface area contributed by atoms with Gasteiger partial charge in [0.05, 0.1) is 5.51 Å². The lowest BCUT2D eigenvalue weighted by atomic mass is 10.0. The zero-order valence-electron chi connectivity index (χ0n) is 11.0. The zero-order valence-corrected chi connectivity index (χ0v) is 13.3. The van der Waals surface area contributed by atoms with Crippen LogP contribution >= 0.6 is 35.3 Å². The van der Waals surface area contributed by atoms with Crippen molar-refractivity contribution in [2.45, 2.75) is 12.6 Å². The fraction of sp³-hybridized carbons (Fsp3) is 0.357. The van der Waals surface area contributed by atoms with Crippen molar-refractivity contribution in [3.8, 4) is 0 Å². The van der Waals surface area contributed by atoms with Gasteiger partial charge in [-0.05, 0) is 11.6 Å². The number of hydrogen-bond acceptors (Lipinski definition) is 4. The molecule has 1 fully saturated rings. The van der Waals surface area contributed by atoms with E-state index in [0.717, 1.165) is 31.2 Å². The van der Waals surface area contributed by atoms with Crippen LogP contribution < -0.4 is 5.32 Å². The first-order valence-electron chi connectivity index (χ1n) is 6.41. The number of hydrogen-bond donors (Lipinski definition) is 1. The first-order valence-corrected chi connectivity index (χ1v) is 7.67. The van der Waals surface area contributed by atoms with Gasteiger partial charge in [0.2, 0.25) is 0 Å². The third-order valence-corrected chi connectivity index (χ3v) is 4.57. The van der Waals surface area contributed by atoms with Crippen molar-refractivity contribution in [1.82, 2.24) is 15.2 Å². The molecule has 0 aliphatic carbocycles. The normalized spacial score (nSPS) is 19.6. The summed E-state index contributed by atoms with van der Waals surface area (Å²) in [6, 6.07) is 8.47. The second kappa shape index (κ2) is 7.38. The molecule has 2 aromatic rings. The van der Waals surface area contributed by atoms with Gasteiger partial charge in [0.15, 0.2) is 0 Å². The van der Waals surface area contributed by atoms with Crippen molar-refractivity contribution in [2.75, 3.05) is 19.6 Å². The van der Waals surface area contributed by atoms with Crippen molar-refractivity contribution in [2.24, 2.45) is 0 Å². The molecular formula is C14H17Cl2N3S. The minimum atomic E-state index is 0. The number of aromatic nitrogens is 1. The van der Waals surface area contributed by atoms with Crippen LogP contribution in [0.4, 0.5) is 0 Å². The highest BCUT2D eigenvalue weighted by Crippen LogP contribution is 2.29. The molecule has 2 heterocycles. The van der Waals surface area contributed by atoms with Crippen LogP contribution in [0.15, 0.2) is 36.0 Å². The summed E-state index contributed by atoms with van der Waals surface area (Å²) in [6.45, 7) is 3.96. The highest BCUT2D eigenvalue weighted by atomic mass is 35.5. The molecule has 3 nitrogen and oxygen atoms in total. The van der Waals surface area contributed by atoms with Gasteiger partial charge in [-0.1, -0.05) is 29.8 Å². The first-order chi connectivity index (χ1) is 9.34. The Morgan fingerprint density at radius 2 is 2.25 bits per heavy atom. The number of piperazine rings is 1. The summed E-state index contributed by atoms with van der Waals surface area (Å²) in [5.74, 6) is 0. The maximum atomic E-state index is 6.34. The van der Waals surface area contributed by atoms with Crippen molar-refractivity contribution in [3.05, 3.63) is 51.4 Å². The summed E-state index contributed by atoms with van der Waals surface area (Å²) >= 11 is 8.05. The Labute approximate surface area is 134 Å². The van der Waals surface area contributed by atoms with Gasteiger partial charge in [0.1, 0.15) is 0 Å². The molecule has 1 unspecified atom stereocenters. The maximum absolute atomic E-state index is 6.34. The molecule has 1 aromatic heterocycles. The lowest BCUT2D eigenvalue weighted by Gasteiger charge is -2.36. The second-order valence-electron chi connectivity index (χ2n) is 4.68. The minimum absolute atomic E-state index is 0. The van der Waals surface area contributed by atoms with Gasteiger partial charge in [0.25, 0.3) is 0 Å². The SMILES string of the molecule is Cl.Clc1ccccc1C1CNCCN1Cc1cncs1. The highest BCUT2D eigenvalue weighted by Gasteiger charge is 2.25. The van der Waals surface area contributed by atoms with Crippen LogP contribution in [0.25, 0.3) is 0 Å². The Morgan fingerprint density at radius 1 is 1.40 bits per heavy atom. The molecule has 1 aromatic carbocycles. The molecule has 0 bridgehead atoms. The van der Waals surface area contributed by atoms with Gasteiger partial charge in [-0.2, -0.15) is 0 Å². The van der Waals surface area contributed by atoms with E-state index in [-0.39, 0.29) is 12.4 Å². The molecule has 3 rings (SSSR count). The lowest BCUT2D eigenvalue weighted by Crippen LogP contribution is -2.45. The summed E-state index contributed by atoms with van der Waals surface area (Å²) in [4.78, 5) is 7.94. The van der Waals surface area contributed by atoms with Gasteiger partial charge in [-0.25, -0.2) is 0 Å². The van der Waals surface area contributed by atoms with Crippen LogP contribution in [-0.4, -0.2) is 29.5 Å². The number of nitrogens with zero attached hydrogens (tertiary/aromatic N) is 2. The number of benzene rings is 1.